The maximum absolute atomic E-state index is 6.75. The molecule has 53 heavy (non-hydrogen) atoms. The molecule has 0 N–H and O–H groups in total. The molecule has 0 radical (unpaired) electrons. The van der Waals surface area contributed by atoms with E-state index in [0.717, 1.165) is 56.1 Å². The summed E-state index contributed by atoms with van der Waals surface area (Å²) in [6.45, 7) is 0.0333. The number of para-hydroxylation sites is 3. The van der Waals surface area contributed by atoms with Crippen molar-refractivity contribution in [1.82, 2.24) is 4.57 Å². The lowest BCUT2D eigenvalue weighted by molar-refractivity contribution is 0.464. The summed E-state index contributed by atoms with van der Waals surface area (Å²) in [6.07, 6.45) is 0. The van der Waals surface area contributed by atoms with Crippen molar-refractivity contribution in [2.45, 2.75) is 5.41 Å². The van der Waals surface area contributed by atoms with Gasteiger partial charge in [-0.05, 0) is 74.6 Å². The van der Waals surface area contributed by atoms with E-state index in [0.29, 0.717) is 0 Å². The average Bonchev–Trinajstić information content (AvgIpc) is 3.70. The van der Waals surface area contributed by atoms with Gasteiger partial charge in [0.05, 0.1) is 22.1 Å². The molecule has 0 atom stereocenters. The van der Waals surface area contributed by atoms with Crippen LogP contribution in [0.15, 0.2) is 182 Å². The lowest BCUT2D eigenvalue weighted by Crippen LogP contribution is -2.57. The molecular formula is C49H30BNO2. The number of benzene rings is 8. The Hall–Kier alpha value is -6.78. The molecule has 1 aliphatic carbocycles. The molecule has 3 nitrogen and oxygen atoms in total. The maximum Gasteiger partial charge on any atom is 0.260 e. The van der Waals surface area contributed by atoms with Crippen LogP contribution < -0.4 is 25.9 Å². The van der Waals surface area contributed by atoms with E-state index >= 15 is 0 Å². The normalized spacial score (nSPS) is 14.1. The minimum absolute atomic E-state index is 0.0333. The van der Waals surface area contributed by atoms with Gasteiger partial charge in [0.1, 0.15) is 23.0 Å². The van der Waals surface area contributed by atoms with Crippen LogP contribution in [0, 0.1) is 0 Å². The molecule has 1 aromatic heterocycles. The second-order valence-electron chi connectivity index (χ2n) is 14.4. The van der Waals surface area contributed by atoms with Crippen LogP contribution in [0.1, 0.15) is 22.3 Å². The summed E-state index contributed by atoms with van der Waals surface area (Å²) < 4.78 is 15.9. The minimum Gasteiger partial charge on any atom is -0.458 e. The molecular weight excluding hydrogens is 645 g/mol. The molecule has 2 aliphatic heterocycles. The molecule has 0 spiro atoms. The fourth-order valence-corrected chi connectivity index (χ4v) is 9.69. The highest BCUT2D eigenvalue weighted by Crippen LogP contribution is 2.57. The number of rotatable bonds is 3. The summed E-state index contributed by atoms with van der Waals surface area (Å²) in [7, 11) is 0. The van der Waals surface area contributed by atoms with Gasteiger partial charge in [-0.25, -0.2) is 0 Å². The van der Waals surface area contributed by atoms with Crippen molar-refractivity contribution >= 4 is 44.9 Å². The third kappa shape index (κ3) is 3.79. The molecule has 246 valence electrons. The molecule has 12 rings (SSSR count). The standard InChI is InChI=1S/C49H30BNO2/c1-3-15-31(16-4-1)49(32-17-5-2-6-18-32)38-21-9-7-19-34(38)36-30-43-37(29-39(36)49)35-20-8-12-24-42(35)51(43)33-27-46-48-47(28-33)53-45-26-14-11-23-41(45)50(48)40-22-10-13-25-44(40)52-46/h1-30H. The molecule has 3 heterocycles. The van der Waals surface area contributed by atoms with Crippen LogP contribution in [-0.4, -0.2) is 11.3 Å². The Labute approximate surface area is 307 Å². The average molecular weight is 676 g/mol. The fourth-order valence-electron chi connectivity index (χ4n) is 9.69. The van der Waals surface area contributed by atoms with Crippen LogP contribution in [0.4, 0.5) is 0 Å². The number of aromatic nitrogens is 1. The van der Waals surface area contributed by atoms with Gasteiger partial charge < -0.3 is 14.0 Å². The molecule has 8 aromatic carbocycles. The SMILES string of the molecule is c1ccc(C2(c3ccccc3)c3ccccc3-c3cc4c(cc32)c2ccccc2n4-c2cc3c4c(c2)Oc2ccccc2B4c2ccccc2O3)cc1. The van der Waals surface area contributed by atoms with Crippen molar-refractivity contribution in [2.75, 3.05) is 0 Å². The van der Waals surface area contributed by atoms with Gasteiger partial charge >= 0.3 is 0 Å². The smallest absolute Gasteiger partial charge is 0.260 e. The van der Waals surface area contributed by atoms with Crippen molar-refractivity contribution in [2.24, 2.45) is 0 Å². The molecule has 3 aliphatic rings. The number of hydrogen-bond donors (Lipinski definition) is 0. The van der Waals surface area contributed by atoms with Crippen LogP contribution in [0.25, 0.3) is 38.6 Å². The van der Waals surface area contributed by atoms with E-state index in [4.69, 9.17) is 9.47 Å². The van der Waals surface area contributed by atoms with Crippen molar-refractivity contribution in [3.8, 4) is 39.8 Å². The van der Waals surface area contributed by atoms with Gasteiger partial charge in [-0.1, -0.05) is 140 Å². The van der Waals surface area contributed by atoms with Crippen LogP contribution in [0.2, 0.25) is 0 Å². The van der Waals surface area contributed by atoms with E-state index in [1.165, 1.54) is 44.2 Å². The first kappa shape index (κ1) is 28.9. The van der Waals surface area contributed by atoms with Crippen molar-refractivity contribution in [1.29, 1.82) is 0 Å². The highest BCUT2D eigenvalue weighted by Gasteiger charge is 2.46. The van der Waals surface area contributed by atoms with Crippen LogP contribution in [0.5, 0.6) is 23.0 Å². The molecule has 0 bridgehead atoms. The van der Waals surface area contributed by atoms with E-state index < -0.39 is 5.41 Å². The summed E-state index contributed by atoms with van der Waals surface area (Å²) in [4.78, 5) is 0. The molecule has 0 amide bonds. The summed E-state index contributed by atoms with van der Waals surface area (Å²) >= 11 is 0. The first-order valence-electron chi connectivity index (χ1n) is 18.3. The van der Waals surface area contributed by atoms with E-state index in [-0.39, 0.29) is 6.71 Å². The largest absolute Gasteiger partial charge is 0.458 e. The summed E-state index contributed by atoms with van der Waals surface area (Å²) in [6, 6.07) is 65.9. The lowest BCUT2D eigenvalue weighted by Gasteiger charge is -2.34. The Balaban J connectivity index is 1.16. The first-order valence-corrected chi connectivity index (χ1v) is 18.3. The van der Waals surface area contributed by atoms with Gasteiger partial charge in [0.15, 0.2) is 0 Å². The molecule has 0 saturated carbocycles. The van der Waals surface area contributed by atoms with Gasteiger partial charge in [-0.2, -0.15) is 0 Å². The van der Waals surface area contributed by atoms with Crippen molar-refractivity contribution in [3.05, 3.63) is 204 Å². The zero-order chi connectivity index (χ0) is 34.7. The summed E-state index contributed by atoms with van der Waals surface area (Å²) in [5.74, 6) is 3.44. The Morgan fingerprint density at radius 2 is 0.981 bits per heavy atom. The van der Waals surface area contributed by atoms with Gasteiger partial charge in [-0.15, -0.1) is 0 Å². The predicted octanol–water partition coefficient (Wildman–Crippen LogP) is 9.87. The number of fused-ring (bicyclic) bond motifs is 10. The second-order valence-corrected chi connectivity index (χ2v) is 14.4. The molecule has 0 fully saturated rings. The maximum atomic E-state index is 6.75. The number of nitrogens with zero attached hydrogens (tertiary/aromatic N) is 1. The van der Waals surface area contributed by atoms with Gasteiger partial charge in [-0.3, -0.25) is 0 Å². The monoisotopic (exact) mass is 675 g/mol. The van der Waals surface area contributed by atoms with Crippen molar-refractivity contribution in [3.63, 3.8) is 0 Å². The van der Waals surface area contributed by atoms with Gasteiger partial charge in [0.25, 0.3) is 6.71 Å². The molecule has 9 aromatic rings. The number of hydrogen-bond acceptors (Lipinski definition) is 2. The van der Waals surface area contributed by atoms with Crippen molar-refractivity contribution < 1.29 is 9.47 Å². The Morgan fingerprint density at radius 3 is 1.66 bits per heavy atom. The molecule has 0 unspecified atom stereocenters. The van der Waals surface area contributed by atoms with E-state index in [2.05, 4.69) is 187 Å². The highest BCUT2D eigenvalue weighted by molar-refractivity contribution is 6.98. The van der Waals surface area contributed by atoms with Crippen LogP contribution in [0.3, 0.4) is 0 Å². The topological polar surface area (TPSA) is 23.4 Å². The third-order valence-electron chi connectivity index (χ3n) is 11.8. The lowest BCUT2D eigenvalue weighted by atomic mass is 9.35. The summed E-state index contributed by atoms with van der Waals surface area (Å²) in [5, 5.41) is 2.42. The van der Waals surface area contributed by atoms with Gasteiger partial charge in [0.2, 0.25) is 0 Å². The minimum atomic E-state index is -0.473. The Morgan fingerprint density at radius 1 is 0.415 bits per heavy atom. The zero-order valence-electron chi connectivity index (χ0n) is 28.7. The highest BCUT2D eigenvalue weighted by atomic mass is 16.5. The second kappa shape index (κ2) is 10.6. The Bertz CT molecular complexity index is 2860. The molecule has 4 heteroatoms. The van der Waals surface area contributed by atoms with E-state index in [1.807, 2.05) is 0 Å². The first-order chi connectivity index (χ1) is 26.3. The predicted molar refractivity (Wildman–Crippen MR) is 216 cm³/mol. The van der Waals surface area contributed by atoms with Gasteiger partial charge in [0, 0.05) is 28.4 Å². The Kier molecular flexibility index (Phi) is 5.79. The van der Waals surface area contributed by atoms with E-state index in [1.54, 1.807) is 0 Å². The van der Waals surface area contributed by atoms with E-state index in [9.17, 15) is 0 Å². The fraction of sp³-hybridized carbons (Fsp3) is 0.0204. The summed E-state index contributed by atoms with van der Waals surface area (Å²) in [5.41, 5.74) is 13.9. The zero-order valence-corrected chi connectivity index (χ0v) is 28.7. The van der Waals surface area contributed by atoms with Crippen LogP contribution >= 0.6 is 0 Å². The number of ether oxygens (including phenoxy) is 2. The quantitative estimate of drug-likeness (QED) is 0.174. The van der Waals surface area contributed by atoms with Crippen LogP contribution in [-0.2, 0) is 5.41 Å². The third-order valence-corrected chi connectivity index (χ3v) is 11.8. The molecule has 0 saturated heterocycles.